The number of methoxy groups -OCH3 is 2. The summed E-state index contributed by atoms with van der Waals surface area (Å²) in [5, 5.41) is 27.3. The van der Waals surface area contributed by atoms with Crippen LogP contribution in [0.2, 0.25) is 0 Å². The van der Waals surface area contributed by atoms with Crippen molar-refractivity contribution in [3.8, 4) is 11.6 Å². The fourth-order valence-corrected chi connectivity index (χ4v) is 5.66. The quantitative estimate of drug-likeness (QED) is 0.0890. The smallest absolute Gasteiger partial charge is 0.246 e. The highest BCUT2D eigenvalue weighted by molar-refractivity contribution is 5.78. The van der Waals surface area contributed by atoms with E-state index in [-0.39, 0.29) is 23.0 Å². The first-order chi connectivity index (χ1) is 21.9. The van der Waals surface area contributed by atoms with Gasteiger partial charge in [0.15, 0.2) is 23.6 Å². The van der Waals surface area contributed by atoms with E-state index in [1.54, 1.807) is 7.11 Å². The molecule has 3 aromatic carbocycles. The molecule has 3 heterocycles. The number of benzene rings is 3. The van der Waals surface area contributed by atoms with Crippen LogP contribution < -0.4 is 14.8 Å². The number of hydrogen-bond acceptors (Lipinski definition) is 10. The van der Waals surface area contributed by atoms with Crippen molar-refractivity contribution >= 4 is 17.1 Å². The van der Waals surface area contributed by atoms with E-state index in [1.165, 1.54) is 18.0 Å². The van der Waals surface area contributed by atoms with Crippen LogP contribution in [0.4, 0.5) is 10.3 Å². The first-order valence-corrected chi connectivity index (χ1v) is 13.9. The predicted molar refractivity (Wildman–Crippen MR) is 161 cm³/mol. The highest BCUT2D eigenvalue weighted by Gasteiger charge is 2.56. The first kappa shape index (κ1) is 29.8. The van der Waals surface area contributed by atoms with Crippen LogP contribution in [-0.4, -0.2) is 68.6 Å². The number of rotatable bonds is 10. The predicted octanol–water partition coefficient (Wildman–Crippen LogP) is 4.47. The van der Waals surface area contributed by atoms with Gasteiger partial charge in [0, 0.05) is 4.91 Å². The summed E-state index contributed by atoms with van der Waals surface area (Å²) >= 11 is 0. The van der Waals surface area contributed by atoms with Crippen LogP contribution in [0.25, 0.3) is 21.6 Å². The molecule has 1 aliphatic rings. The SMILES string of the molecule is COc1ccc(C(Nc2nc(OC)c3ncn([C@@H]4O[C@@](CO)(N=[N+]=[N-])[C@@H](O)[C@H]4F)c3n2)(c2ccccc2)c2ccccc2)cc1. The van der Waals surface area contributed by atoms with Crippen LogP contribution in [0.5, 0.6) is 11.6 Å². The molecule has 45 heavy (non-hydrogen) atoms. The molecule has 3 N–H and O–H groups in total. The van der Waals surface area contributed by atoms with Crippen molar-refractivity contribution in [2.45, 2.75) is 29.8 Å². The fourth-order valence-electron chi connectivity index (χ4n) is 5.66. The zero-order valence-corrected chi connectivity index (χ0v) is 24.2. The lowest BCUT2D eigenvalue weighted by Gasteiger charge is -2.37. The number of fused-ring (bicyclic) bond motifs is 1. The Labute approximate surface area is 256 Å². The lowest BCUT2D eigenvalue weighted by Crippen LogP contribution is -2.43. The minimum absolute atomic E-state index is 0.0865. The number of aliphatic hydroxyl groups is 2. The van der Waals surface area contributed by atoms with Crippen molar-refractivity contribution in [1.29, 1.82) is 0 Å². The summed E-state index contributed by atoms with van der Waals surface area (Å²) in [5.74, 6) is 0.863. The van der Waals surface area contributed by atoms with Gasteiger partial charge in [-0.15, -0.1) is 0 Å². The van der Waals surface area contributed by atoms with Crippen LogP contribution >= 0.6 is 0 Å². The zero-order valence-electron chi connectivity index (χ0n) is 24.2. The molecule has 0 unspecified atom stereocenters. The number of ether oxygens (including phenoxy) is 3. The molecule has 5 aromatic rings. The van der Waals surface area contributed by atoms with Gasteiger partial charge in [0.05, 0.1) is 27.2 Å². The largest absolute Gasteiger partial charge is 0.497 e. The van der Waals surface area contributed by atoms with Gasteiger partial charge in [0.25, 0.3) is 0 Å². The van der Waals surface area contributed by atoms with Crippen LogP contribution in [0.1, 0.15) is 22.9 Å². The molecule has 0 radical (unpaired) electrons. The molecule has 0 bridgehead atoms. The number of hydrogen-bond donors (Lipinski definition) is 3. The number of alkyl halides is 1. The molecule has 14 heteroatoms. The maximum Gasteiger partial charge on any atom is 0.246 e. The average molecular weight is 613 g/mol. The van der Waals surface area contributed by atoms with Gasteiger partial charge >= 0.3 is 0 Å². The van der Waals surface area contributed by atoms with Crippen molar-refractivity contribution < 1.29 is 28.8 Å². The Bertz CT molecular complexity index is 1800. The minimum atomic E-state index is -2.24. The van der Waals surface area contributed by atoms with E-state index in [9.17, 15) is 10.2 Å². The zero-order chi connectivity index (χ0) is 31.6. The number of anilines is 1. The van der Waals surface area contributed by atoms with E-state index in [4.69, 9.17) is 24.7 Å². The van der Waals surface area contributed by atoms with Gasteiger partial charge in [-0.3, -0.25) is 4.57 Å². The van der Waals surface area contributed by atoms with Gasteiger partial charge in [0.2, 0.25) is 17.6 Å². The molecule has 0 saturated carbocycles. The van der Waals surface area contributed by atoms with E-state index in [0.29, 0.717) is 5.75 Å². The van der Waals surface area contributed by atoms with Gasteiger partial charge in [-0.2, -0.15) is 9.97 Å². The lowest BCUT2D eigenvalue weighted by atomic mass is 9.77. The van der Waals surface area contributed by atoms with Gasteiger partial charge in [-0.25, -0.2) is 9.37 Å². The van der Waals surface area contributed by atoms with Gasteiger partial charge in [-0.1, -0.05) is 77.9 Å². The third-order valence-electron chi connectivity index (χ3n) is 7.89. The maximum absolute atomic E-state index is 15.5. The molecule has 1 saturated heterocycles. The van der Waals surface area contributed by atoms with Gasteiger partial charge in [0.1, 0.15) is 17.4 Å². The summed E-state index contributed by atoms with van der Waals surface area (Å²) in [5.41, 5.74) is 8.58. The normalized spacial score (nSPS) is 21.3. The molecule has 4 atom stereocenters. The summed E-state index contributed by atoms with van der Waals surface area (Å²) in [4.78, 5) is 16.3. The fraction of sp³-hybridized carbons (Fsp3) is 0.258. The molecule has 2 aromatic heterocycles. The van der Waals surface area contributed by atoms with Crippen molar-refractivity contribution in [1.82, 2.24) is 19.5 Å². The second-order valence-electron chi connectivity index (χ2n) is 10.3. The molecule has 1 aliphatic heterocycles. The number of nitrogens with one attached hydrogen (secondary N) is 1. The van der Waals surface area contributed by atoms with E-state index in [0.717, 1.165) is 16.7 Å². The van der Waals surface area contributed by atoms with Crippen molar-refractivity contribution in [3.63, 3.8) is 0 Å². The molecule has 6 rings (SSSR count). The second-order valence-corrected chi connectivity index (χ2v) is 10.3. The number of azide groups is 1. The number of imidazole rings is 1. The first-order valence-electron chi connectivity index (χ1n) is 13.9. The third-order valence-corrected chi connectivity index (χ3v) is 7.89. The maximum atomic E-state index is 15.5. The summed E-state index contributed by atoms with van der Waals surface area (Å²) in [6.07, 6.45) is -4.36. The Morgan fingerprint density at radius 1 is 1.00 bits per heavy atom. The standard InChI is InChI=1S/C31H29FN8O5/c1-43-22-15-13-21(14-16-22)31(19-9-5-3-6-10-19,20-11-7-4-8-12-20)37-29-35-26-24(27(36-29)44-2)34-18-40(26)28-23(32)25(42)30(17-41,45-28)38-39-33/h3-16,18,23,25,28,41-42H,17H2,1-2H3,(H,35,36,37)/t23-,25+,28-,30-/m1/s1. The molecule has 0 spiro atoms. The third kappa shape index (κ3) is 4.95. The Kier molecular flexibility index (Phi) is 7.96. The van der Waals surface area contributed by atoms with E-state index in [1.807, 2.05) is 84.9 Å². The Morgan fingerprint density at radius 3 is 2.18 bits per heavy atom. The van der Waals surface area contributed by atoms with Crippen LogP contribution in [0.15, 0.2) is 96.4 Å². The lowest BCUT2D eigenvalue weighted by molar-refractivity contribution is -0.122. The van der Waals surface area contributed by atoms with E-state index >= 15 is 4.39 Å². The molecular weight excluding hydrogens is 583 g/mol. The van der Waals surface area contributed by atoms with E-state index < -0.39 is 36.4 Å². The molecule has 0 amide bonds. The number of nitrogens with zero attached hydrogens (tertiary/aromatic N) is 7. The Balaban J connectivity index is 1.55. The number of aromatic nitrogens is 4. The molecule has 230 valence electrons. The molecule has 13 nitrogen and oxygen atoms in total. The van der Waals surface area contributed by atoms with Crippen LogP contribution in [0.3, 0.4) is 0 Å². The Hall–Kier alpha value is -5.27. The molecular formula is C31H29FN8O5. The highest BCUT2D eigenvalue weighted by atomic mass is 19.1. The molecule has 0 aliphatic carbocycles. The summed E-state index contributed by atoms with van der Waals surface area (Å²) in [6, 6.07) is 27.1. The summed E-state index contributed by atoms with van der Waals surface area (Å²) < 4.78 is 33.4. The summed E-state index contributed by atoms with van der Waals surface area (Å²) in [6.45, 7) is -0.953. The number of aliphatic hydroxyl groups excluding tert-OH is 2. The van der Waals surface area contributed by atoms with Crippen molar-refractivity contribution in [2.24, 2.45) is 5.11 Å². The van der Waals surface area contributed by atoms with Crippen molar-refractivity contribution in [2.75, 3.05) is 26.1 Å². The van der Waals surface area contributed by atoms with Gasteiger partial charge < -0.3 is 29.7 Å². The molecule has 1 fully saturated rings. The average Bonchev–Trinajstić information content (AvgIpc) is 3.62. The Morgan fingerprint density at radius 2 is 1.62 bits per heavy atom. The van der Waals surface area contributed by atoms with Crippen molar-refractivity contribution in [3.05, 3.63) is 118 Å². The van der Waals surface area contributed by atoms with E-state index in [2.05, 4.69) is 25.3 Å². The van der Waals surface area contributed by atoms with Gasteiger partial charge in [-0.05, 0) is 34.4 Å². The minimum Gasteiger partial charge on any atom is -0.497 e. The van der Waals surface area contributed by atoms with Crippen LogP contribution in [-0.2, 0) is 10.3 Å². The second kappa shape index (κ2) is 12.0. The van der Waals surface area contributed by atoms with Crippen LogP contribution in [0, 0.1) is 0 Å². The topological polar surface area (TPSA) is 173 Å². The monoisotopic (exact) mass is 612 g/mol. The number of halogens is 1. The summed E-state index contributed by atoms with van der Waals surface area (Å²) in [7, 11) is 3.02. The highest BCUT2D eigenvalue weighted by Crippen LogP contribution is 2.43.